The van der Waals surface area contributed by atoms with Crippen molar-refractivity contribution in [3.05, 3.63) is 58.1 Å². The Bertz CT molecular complexity index is 724. The Labute approximate surface area is 132 Å². The molecule has 22 heavy (non-hydrogen) atoms. The second kappa shape index (κ2) is 6.49. The molecular weight excluding hydrogens is 304 g/mol. The zero-order valence-corrected chi connectivity index (χ0v) is 12.9. The SMILES string of the molecule is Cc1cccc(C)c1NC(=O)Nc1cc(Cl)ccc1C(=O)O. The summed E-state index contributed by atoms with van der Waals surface area (Å²) in [5.41, 5.74) is 2.64. The Morgan fingerprint density at radius 3 is 2.27 bits per heavy atom. The Morgan fingerprint density at radius 2 is 1.68 bits per heavy atom. The van der Waals surface area contributed by atoms with Crippen LogP contribution in [0.5, 0.6) is 0 Å². The molecule has 0 saturated heterocycles. The minimum absolute atomic E-state index is 0.0268. The standard InChI is InChI=1S/C16H15ClN2O3/c1-9-4-3-5-10(2)14(9)19-16(22)18-13-8-11(17)6-7-12(13)15(20)21/h3-8H,1-2H3,(H,20,21)(H2,18,19,22). The van der Waals surface area contributed by atoms with Crippen LogP contribution in [-0.2, 0) is 0 Å². The highest BCUT2D eigenvalue weighted by Gasteiger charge is 2.14. The molecule has 0 aliphatic rings. The van der Waals surface area contributed by atoms with Crippen molar-refractivity contribution in [3.8, 4) is 0 Å². The number of carbonyl (C=O) groups is 2. The molecular formula is C16H15ClN2O3. The molecule has 0 spiro atoms. The molecule has 0 heterocycles. The van der Waals surface area contributed by atoms with E-state index in [2.05, 4.69) is 10.6 Å². The van der Waals surface area contributed by atoms with Crippen molar-refractivity contribution in [2.75, 3.05) is 10.6 Å². The minimum atomic E-state index is -1.14. The highest BCUT2D eigenvalue weighted by atomic mass is 35.5. The average molecular weight is 319 g/mol. The number of carboxylic acids is 1. The van der Waals surface area contributed by atoms with E-state index in [1.165, 1.54) is 18.2 Å². The van der Waals surface area contributed by atoms with Crippen molar-refractivity contribution in [1.82, 2.24) is 0 Å². The molecule has 0 bridgehead atoms. The molecule has 5 nitrogen and oxygen atoms in total. The van der Waals surface area contributed by atoms with Crippen molar-refractivity contribution in [2.45, 2.75) is 13.8 Å². The number of amides is 2. The lowest BCUT2D eigenvalue weighted by atomic mass is 10.1. The third-order valence-electron chi connectivity index (χ3n) is 3.18. The van der Waals surface area contributed by atoms with E-state index in [-0.39, 0.29) is 11.3 Å². The van der Waals surface area contributed by atoms with Crippen LogP contribution in [0.2, 0.25) is 5.02 Å². The predicted octanol–water partition coefficient (Wildman–Crippen LogP) is 4.30. The summed E-state index contributed by atoms with van der Waals surface area (Å²) in [6.45, 7) is 3.76. The maximum atomic E-state index is 12.1. The van der Waals surface area contributed by atoms with Gasteiger partial charge in [-0.05, 0) is 43.2 Å². The number of carboxylic acid groups (broad SMARTS) is 1. The fourth-order valence-electron chi connectivity index (χ4n) is 2.09. The van der Waals surface area contributed by atoms with Gasteiger partial charge in [0.15, 0.2) is 0 Å². The number of halogens is 1. The number of benzene rings is 2. The molecule has 2 aromatic carbocycles. The molecule has 3 N–H and O–H groups in total. The minimum Gasteiger partial charge on any atom is -0.478 e. The van der Waals surface area contributed by atoms with Gasteiger partial charge >= 0.3 is 12.0 Å². The fourth-order valence-corrected chi connectivity index (χ4v) is 2.26. The fraction of sp³-hybridized carbons (Fsp3) is 0.125. The van der Waals surface area contributed by atoms with Crippen molar-refractivity contribution in [3.63, 3.8) is 0 Å². The maximum absolute atomic E-state index is 12.1. The molecule has 0 fully saturated rings. The predicted molar refractivity (Wildman–Crippen MR) is 87.0 cm³/mol. The van der Waals surface area contributed by atoms with Crippen molar-refractivity contribution in [1.29, 1.82) is 0 Å². The van der Waals surface area contributed by atoms with Crippen LogP contribution >= 0.6 is 11.6 Å². The van der Waals surface area contributed by atoms with E-state index < -0.39 is 12.0 Å². The first kappa shape index (κ1) is 15.9. The van der Waals surface area contributed by atoms with E-state index >= 15 is 0 Å². The van der Waals surface area contributed by atoms with Gasteiger partial charge in [-0.3, -0.25) is 0 Å². The highest BCUT2D eigenvalue weighted by Crippen LogP contribution is 2.23. The third-order valence-corrected chi connectivity index (χ3v) is 3.41. The number of aromatic carboxylic acids is 1. The van der Waals surface area contributed by atoms with Gasteiger partial charge in [-0.1, -0.05) is 29.8 Å². The molecule has 2 aromatic rings. The molecule has 0 unspecified atom stereocenters. The van der Waals surface area contributed by atoms with Crippen LogP contribution in [0.25, 0.3) is 0 Å². The molecule has 2 amide bonds. The summed E-state index contributed by atoms with van der Waals surface area (Å²) in [7, 11) is 0. The summed E-state index contributed by atoms with van der Waals surface area (Å²) in [6, 6.07) is 9.33. The number of anilines is 2. The lowest BCUT2D eigenvalue weighted by molar-refractivity contribution is 0.0698. The van der Waals surface area contributed by atoms with Gasteiger partial charge in [0.05, 0.1) is 11.3 Å². The number of nitrogens with one attached hydrogen (secondary N) is 2. The number of para-hydroxylation sites is 1. The lowest BCUT2D eigenvalue weighted by Crippen LogP contribution is -2.22. The summed E-state index contributed by atoms with van der Waals surface area (Å²) in [5.74, 6) is -1.14. The van der Waals surface area contributed by atoms with Gasteiger partial charge < -0.3 is 15.7 Å². The zero-order chi connectivity index (χ0) is 16.3. The molecule has 2 rings (SSSR count). The van der Waals surface area contributed by atoms with E-state index in [0.717, 1.165) is 11.1 Å². The van der Waals surface area contributed by atoms with E-state index in [9.17, 15) is 9.59 Å². The monoisotopic (exact) mass is 318 g/mol. The van der Waals surface area contributed by atoms with E-state index in [1.54, 1.807) is 0 Å². The smallest absolute Gasteiger partial charge is 0.337 e. The first-order valence-electron chi connectivity index (χ1n) is 6.55. The van der Waals surface area contributed by atoms with Crippen LogP contribution in [0.4, 0.5) is 16.2 Å². The number of aryl methyl sites for hydroxylation is 2. The summed E-state index contributed by atoms with van der Waals surface area (Å²) < 4.78 is 0. The Balaban J connectivity index is 2.23. The normalized spacial score (nSPS) is 10.1. The Morgan fingerprint density at radius 1 is 1.05 bits per heavy atom. The number of hydrogen-bond acceptors (Lipinski definition) is 2. The first-order chi connectivity index (χ1) is 10.4. The van der Waals surface area contributed by atoms with Crippen molar-refractivity contribution in [2.24, 2.45) is 0 Å². The molecule has 0 aromatic heterocycles. The quantitative estimate of drug-likeness (QED) is 0.789. The Hall–Kier alpha value is -2.53. The van der Waals surface area contributed by atoms with Crippen molar-refractivity contribution >= 4 is 35.0 Å². The zero-order valence-electron chi connectivity index (χ0n) is 12.1. The lowest BCUT2D eigenvalue weighted by Gasteiger charge is -2.13. The van der Waals surface area contributed by atoms with E-state index in [0.29, 0.717) is 10.7 Å². The van der Waals surface area contributed by atoms with Crippen LogP contribution in [0.1, 0.15) is 21.5 Å². The second-order valence-corrected chi connectivity index (χ2v) is 5.28. The number of hydrogen-bond donors (Lipinski definition) is 3. The summed E-state index contributed by atoms with van der Waals surface area (Å²) in [6.07, 6.45) is 0. The van der Waals surface area contributed by atoms with Gasteiger partial charge in [0.25, 0.3) is 0 Å². The van der Waals surface area contributed by atoms with Crippen LogP contribution in [0.3, 0.4) is 0 Å². The van der Waals surface area contributed by atoms with Crippen LogP contribution < -0.4 is 10.6 Å². The summed E-state index contributed by atoms with van der Waals surface area (Å²) >= 11 is 5.85. The molecule has 0 aliphatic carbocycles. The molecule has 114 valence electrons. The first-order valence-corrected chi connectivity index (χ1v) is 6.93. The van der Waals surface area contributed by atoms with E-state index in [1.807, 2.05) is 32.0 Å². The largest absolute Gasteiger partial charge is 0.478 e. The van der Waals surface area contributed by atoms with Gasteiger partial charge in [-0.15, -0.1) is 0 Å². The molecule has 0 aliphatic heterocycles. The van der Waals surface area contributed by atoms with Gasteiger partial charge in [-0.2, -0.15) is 0 Å². The maximum Gasteiger partial charge on any atom is 0.337 e. The molecule has 0 radical (unpaired) electrons. The van der Waals surface area contributed by atoms with Crippen LogP contribution in [0, 0.1) is 13.8 Å². The summed E-state index contributed by atoms with van der Waals surface area (Å²) in [5, 5.41) is 14.7. The van der Waals surface area contributed by atoms with Gasteiger partial charge in [0.2, 0.25) is 0 Å². The number of urea groups is 1. The number of carbonyl (C=O) groups excluding carboxylic acids is 1. The van der Waals surface area contributed by atoms with Crippen molar-refractivity contribution < 1.29 is 14.7 Å². The average Bonchev–Trinajstić information content (AvgIpc) is 2.43. The van der Waals surface area contributed by atoms with Crippen LogP contribution in [0.15, 0.2) is 36.4 Å². The molecule has 0 atom stereocenters. The second-order valence-electron chi connectivity index (χ2n) is 4.84. The Kier molecular flexibility index (Phi) is 4.68. The molecule has 0 saturated carbocycles. The summed E-state index contributed by atoms with van der Waals surface area (Å²) in [4.78, 5) is 23.3. The van der Waals surface area contributed by atoms with Crippen LogP contribution in [-0.4, -0.2) is 17.1 Å². The van der Waals surface area contributed by atoms with Gasteiger partial charge in [0.1, 0.15) is 0 Å². The number of rotatable bonds is 3. The van der Waals surface area contributed by atoms with Gasteiger partial charge in [-0.25, -0.2) is 9.59 Å². The molecule has 6 heteroatoms. The topological polar surface area (TPSA) is 78.4 Å². The highest BCUT2D eigenvalue weighted by molar-refractivity contribution is 6.31. The van der Waals surface area contributed by atoms with E-state index in [4.69, 9.17) is 16.7 Å². The third kappa shape index (κ3) is 3.56. The van der Waals surface area contributed by atoms with Gasteiger partial charge in [0, 0.05) is 10.7 Å².